The number of imidazole rings is 1. The zero-order valence-corrected chi connectivity index (χ0v) is 20.3. The van der Waals surface area contributed by atoms with E-state index in [1.54, 1.807) is 7.11 Å². The number of pyridine rings is 1. The molecular formula is C29H33N5O. The summed E-state index contributed by atoms with van der Waals surface area (Å²) in [7, 11) is 1.74. The molecule has 1 aliphatic rings. The van der Waals surface area contributed by atoms with Crippen molar-refractivity contribution in [3.8, 4) is 5.75 Å². The van der Waals surface area contributed by atoms with Gasteiger partial charge in [0, 0.05) is 44.3 Å². The summed E-state index contributed by atoms with van der Waals surface area (Å²) in [6.45, 7) is 3.30. The van der Waals surface area contributed by atoms with Crippen molar-refractivity contribution in [2.75, 3.05) is 7.11 Å². The van der Waals surface area contributed by atoms with Crippen molar-refractivity contribution in [3.63, 3.8) is 0 Å². The summed E-state index contributed by atoms with van der Waals surface area (Å²) in [6.07, 6.45) is 8.85. The number of H-pyrrole nitrogens is 1. The van der Waals surface area contributed by atoms with Crippen LogP contribution >= 0.6 is 0 Å². The number of hydrogen-bond donors (Lipinski definition) is 2. The third kappa shape index (κ3) is 6.15. The molecule has 1 aliphatic carbocycles. The van der Waals surface area contributed by atoms with Crippen molar-refractivity contribution in [2.24, 2.45) is 0 Å². The summed E-state index contributed by atoms with van der Waals surface area (Å²) in [5.74, 6) is 1.95. The van der Waals surface area contributed by atoms with Crippen molar-refractivity contribution in [3.05, 3.63) is 113 Å². The van der Waals surface area contributed by atoms with Gasteiger partial charge in [-0.1, -0.05) is 36.4 Å². The quantitative estimate of drug-likeness (QED) is 0.355. The summed E-state index contributed by atoms with van der Waals surface area (Å²) in [5, 5.41) is 3.48. The molecule has 0 fully saturated rings. The minimum Gasteiger partial charge on any atom is -0.497 e. The second-order valence-corrected chi connectivity index (χ2v) is 9.21. The molecule has 180 valence electrons. The average Bonchev–Trinajstić information content (AvgIpc) is 3.42. The van der Waals surface area contributed by atoms with Crippen molar-refractivity contribution < 1.29 is 4.74 Å². The van der Waals surface area contributed by atoms with E-state index in [1.807, 2.05) is 36.8 Å². The van der Waals surface area contributed by atoms with Crippen molar-refractivity contribution in [1.29, 1.82) is 0 Å². The van der Waals surface area contributed by atoms with Crippen LogP contribution in [0.2, 0.25) is 0 Å². The Balaban J connectivity index is 1.24. The Hall–Kier alpha value is -3.48. The van der Waals surface area contributed by atoms with Crippen LogP contribution in [0.1, 0.15) is 40.2 Å². The van der Waals surface area contributed by atoms with E-state index in [-0.39, 0.29) is 0 Å². The second-order valence-electron chi connectivity index (χ2n) is 9.21. The first kappa shape index (κ1) is 23.3. The van der Waals surface area contributed by atoms with Gasteiger partial charge in [0.15, 0.2) is 0 Å². The van der Waals surface area contributed by atoms with Crippen molar-refractivity contribution >= 4 is 0 Å². The maximum atomic E-state index is 5.48. The number of hydrogen-bond acceptors (Lipinski definition) is 5. The number of aromatic nitrogens is 3. The molecule has 0 amide bonds. The third-order valence-corrected chi connectivity index (χ3v) is 6.81. The lowest BCUT2D eigenvalue weighted by atomic mass is 9.87. The molecule has 0 radical (unpaired) electrons. The third-order valence-electron chi connectivity index (χ3n) is 6.81. The first-order chi connectivity index (χ1) is 17.3. The standard InChI is InChI=1S/C29H33N5O/c1-35-28-12-10-24-9-11-27(16-25(24)17-28)34(21-29-32-14-15-33-29)20-23-7-5-22(6-8-23)18-30-19-26-4-2-3-13-31-26/h2-8,10,12-15,17,27,30H,9,11,16,18-21H2,1H3,(H,32,33). The summed E-state index contributed by atoms with van der Waals surface area (Å²) in [5.41, 5.74) is 6.51. The minimum atomic E-state index is 0.458. The number of fused-ring (bicyclic) bond motifs is 1. The van der Waals surface area contributed by atoms with Crippen LogP contribution in [0.15, 0.2) is 79.3 Å². The lowest BCUT2D eigenvalue weighted by molar-refractivity contribution is 0.158. The van der Waals surface area contributed by atoms with Crippen LogP contribution < -0.4 is 10.1 Å². The highest BCUT2D eigenvalue weighted by atomic mass is 16.5. The number of aromatic amines is 1. The Kier molecular flexibility index (Phi) is 7.51. The molecule has 2 aromatic heterocycles. The molecular weight excluding hydrogens is 434 g/mol. The highest BCUT2D eigenvalue weighted by Crippen LogP contribution is 2.29. The number of aryl methyl sites for hydroxylation is 1. The molecule has 0 spiro atoms. The zero-order chi connectivity index (χ0) is 23.9. The van der Waals surface area contributed by atoms with Gasteiger partial charge >= 0.3 is 0 Å². The van der Waals surface area contributed by atoms with E-state index in [0.29, 0.717) is 6.04 Å². The van der Waals surface area contributed by atoms with E-state index in [9.17, 15) is 0 Å². The summed E-state index contributed by atoms with van der Waals surface area (Å²) in [4.78, 5) is 14.7. The lowest BCUT2D eigenvalue weighted by Gasteiger charge is -2.35. The van der Waals surface area contributed by atoms with Crippen LogP contribution in [0.25, 0.3) is 0 Å². The van der Waals surface area contributed by atoms with Gasteiger partial charge in [0.1, 0.15) is 11.6 Å². The second kappa shape index (κ2) is 11.3. The van der Waals surface area contributed by atoms with Gasteiger partial charge in [-0.2, -0.15) is 0 Å². The van der Waals surface area contributed by atoms with Gasteiger partial charge in [-0.25, -0.2) is 4.98 Å². The molecule has 2 N–H and O–H groups in total. The molecule has 2 heterocycles. The van der Waals surface area contributed by atoms with E-state index in [4.69, 9.17) is 4.74 Å². The number of nitrogens with zero attached hydrogens (tertiary/aromatic N) is 3. The topological polar surface area (TPSA) is 66.1 Å². The number of methoxy groups -OCH3 is 1. The van der Waals surface area contributed by atoms with Crippen molar-refractivity contribution in [1.82, 2.24) is 25.2 Å². The van der Waals surface area contributed by atoms with E-state index < -0.39 is 0 Å². The van der Waals surface area contributed by atoms with Crippen LogP contribution in [0.4, 0.5) is 0 Å². The van der Waals surface area contributed by atoms with Crippen LogP contribution in [0.5, 0.6) is 5.75 Å². The number of ether oxygens (including phenoxy) is 1. The summed E-state index contributed by atoms with van der Waals surface area (Å²) in [6, 6.07) is 21.9. The van der Waals surface area contributed by atoms with Crippen LogP contribution in [0, 0.1) is 0 Å². The molecule has 1 atom stereocenters. The number of nitrogens with one attached hydrogen (secondary N) is 2. The minimum absolute atomic E-state index is 0.458. The molecule has 0 bridgehead atoms. The normalized spacial score (nSPS) is 15.2. The first-order valence-electron chi connectivity index (χ1n) is 12.3. The van der Waals surface area contributed by atoms with E-state index >= 15 is 0 Å². The molecule has 2 aromatic carbocycles. The summed E-state index contributed by atoms with van der Waals surface area (Å²) >= 11 is 0. The van der Waals surface area contributed by atoms with Gasteiger partial charge in [-0.3, -0.25) is 9.88 Å². The van der Waals surface area contributed by atoms with Crippen LogP contribution in [0.3, 0.4) is 0 Å². The van der Waals surface area contributed by atoms with Gasteiger partial charge in [0.05, 0.1) is 19.3 Å². The molecule has 0 saturated carbocycles. The Labute approximate surface area is 207 Å². The largest absolute Gasteiger partial charge is 0.497 e. The van der Waals surface area contributed by atoms with Gasteiger partial charge in [-0.05, 0) is 65.8 Å². The molecule has 0 aliphatic heterocycles. The number of benzene rings is 2. The van der Waals surface area contributed by atoms with Gasteiger partial charge in [0.25, 0.3) is 0 Å². The SMILES string of the molecule is COc1ccc2c(c1)CC(N(Cc1ccc(CNCc3ccccn3)cc1)Cc1ncc[nH]1)CC2. The molecule has 0 saturated heterocycles. The molecule has 6 heteroatoms. The predicted molar refractivity (Wildman–Crippen MR) is 138 cm³/mol. The van der Waals surface area contributed by atoms with E-state index in [0.717, 1.165) is 62.7 Å². The fourth-order valence-corrected chi connectivity index (χ4v) is 4.88. The van der Waals surface area contributed by atoms with E-state index in [1.165, 1.54) is 22.3 Å². The maximum Gasteiger partial charge on any atom is 0.120 e. The van der Waals surface area contributed by atoms with E-state index in [2.05, 4.69) is 67.6 Å². The lowest BCUT2D eigenvalue weighted by Crippen LogP contribution is -2.38. The highest BCUT2D eigenvalue weighted by molar-refractivity contribution is 5.38. The Morgan fingerprint density at radius 3 is 2.60 bits per heavy atom. The smallest absolute Gasteiger partial charge is 0.120 e. The predicted octanol–water partition coefficient (Wildman–Crippen LogP) is 4.66. The Bertz CT molecular complexity index is 1190. The number of rotatable bonds is 10. The highest BCUT2D eigenvalue weighted by Gasteiger charge is 2.25. The molecule has 5 rings (SSSR count). The zero-order valence-electron chi connectivity index (χ0n) is 20.3. The monoisotopic (exact) mass is 467 g/mol. The molecule has 35 heavy (non-hydrogen) atoms. The van der Waals surface area contributed by atoms with Crippen molar-refractivity contribution in [2.45, 2.75) is 51.5 Å². The fraction of sp³-hybridized carbons (Fsp3) is 0.310. The van der Waals surface area contributed by atoms with Gasteiger partial charge in [-0.15, -0.1) is 0 Å². The molecule has 6 nitrogen and oxygen atoms in total. The Morgan fingerprint density at radius 2 is 1.83 bits per heavy atom. The summed E-state index contributed by atoms with van der Waals surface area (Å²) < 4.78 is 5.48. The maximum absolute atomic E-state index is 5.48. The van der Waals surface area contributed by atoms with Crippen LogP contribution in [-0.4, -0.2) is 33.0 Å². The first-order valence-corrected chi connectivity index (χ1v) is 12.3. The fourth-order valence-electron chi connectivity index (χ4n) is 4.88. The molecule has 1 unspecified atom stereocenters. The van der Waals surface area contributed by atoms with Gasteiger partial charge in [0.2, 0.25) is 0 Å². The van der Waals surface area contributed by atoms with Gasteiger partial charge < -0.3 is 15.0 Å². The molecule has 4 aromatic rings. The average molecular weight is 468 g/mol. The Morgan fingerprint density at radius 1 is 0.943 bits per heavy atom. The van der Waals surface area contributed by atoms with Crippen LogP contribution in [-0.2, 0) is 39.0 Å².